The highest BCUT2D eigenvalue weighted by Gasteiger charge is 2.27. The van der Waals surface area contributed by atoms with E-state index in [1.165, 1.54) is 12.8 Å². The van der Waals surface area contributed by atoms with Crippen LogP contribution in [0.25, 0.3) is 0 Å². The van der Waals surface area contributed by atoms with Gasteiger partial charge in [-0.3, -0.25) is 4.79 Å². The van der Waals surface area contributed by atoms with Gasteiger partial charge in [0.1, 0.15) is 11.3 Å². The number of nitrogens with two attached hydrogens (primary N) is 1. The maximum Gasteiger partial charge on any atom is 0.259 e. The molecule has 0 aromatic heterocycles. The minimum Gasteiger partial charge on any atom is -0.496 e. The molecular formula is C14H20N2O2. The smallest absolute Gasteiger partial charge is 0.259 e. The van der Waals surface area contributed by atoms with Crippen molar-refractivity contribution in [3.05, 3.63) is 23.8 Å². The summed E-state index contributed by atoms with van der Waals surface area (Å²) in [7, 11) is 3.41. The van der Waals surface area contributed by atoms with Gasteiger partial charge < -0.3 is 15.4 Å². The van der Waals surface area contributed by atoms with E-state index in [1.807, 2.05) is 7.05 Å². The van der Waals surface area contributed by atoms with Crippen molar-refractivity contribution in [3.63, 3.8) is 0 Å². The average Bonchev–Trinajstić information content (AvgIpc) is 2.90. The second-order valence-electron chi connectivity index (χ2n) is 4.78. The molecule has 2 N–H and O–H groups in total. The molecule has 98 valence electrons. The lowest BCUT2D eigenvalue weighted by molar-refractivity contribution is 0.0733. The molecule has 4 nitrogen and oxygen atoms in total. The van der Waals surface area contributed by atoms with Crippen LogP contribution in [0.1, 0.15) is 36.0 Å². The van der Waals surface area contributed by atoms with E-state index in [2.05, 4.69) is 0 Å². The highest BCUT2D eigenvalue weighted by atomic mass is 16.5. The zero-order valence-corrected chi connectivity index (χ0v) is 11.0. The summed E-state index contributed by atoms with van der Waals surface area (Å²) in [6.45, 7) is 0. The number of ether oxygens (including phenoxy) is 1. The number of amides is 1. The van der Waals surface area contributed by atoms with Gasteiger partial charge in [0.2, 0.25) is 0 Å². The van der Waals surface area contributed by atoms with E-state index in [4.69, 9.17) is 10.5 Å². The Morgan fingerprint density at radius 3 is 2.67 bits per heavy atom. The topological polar surface area (TPSA) is 55.6 Å². The molecule has 1 aliphatic carbocycles. The molecule has 0 unspecified atom stereocenters. The molecule has 1 aliphatic rings. The van der Waals surface area contributed by atoms with E-state index < -0.39 is 0 Å². The van der Waals surface area contributed by atoms with Gasteiger partial charge in [0.25, 0.3) is 5.91 Å². The molecule has 0 heterocycles. The van der Waals surface area contributed by atoms with Crippen molar-refractivity contribution in [3.8, 4) is 5.75 Å². The van der Waals surface area contributed by atoms with Gasteiger partial charge in [-0.25, -0.2) is 0 Å². The Balaban J connectivity index is 2.27. The van der Waals surface area contributed by atoms with Gasteiger partial charge in [-0.2, -0.15) is 0 Å². The van der Waals surface area contributed by atoms with Crippen molar-refractivity contribution in [1.82, 2.24) is 4.90 Å². The van der Waals surface area contributed by atoms with Crippen molar-refractivity contribution in [2.24, 2.45) is 0 Å². The lowest BCUT2D eigenvalue weighted by Gasteiger charge is -2.25. The molecule has 0 spiro atoms. The fraction of sp³-hybridized carbons (Fsp3) is 0.500. The molecule has 1 aromatic rings. The number of hydrogen-bond acceptors (Lipinski definition) is 3. The van der Waals surface area contributed by atoms with E-state index in [0.717, 1.165) is 12.8 Å². The summed E-state index contributed by atoms with van der Waals surface area (Å²) in [5.74, 6) is 0.502. The number of benzene rings is 1. The molecule has 1 saturated carbocycles. The summed E-state index contributed by atoms with van der Waals surface area (Å²) in [5, 5.41) is 0. The van der Waals surface area contributed by atoms with Crippen LogP contribution >= 0.6 is 0 Å². The fourth-order valence-corrected chi connectivity index (χ4v) is 2.58. The summed E-state index contributed by atoms with van der Waals surface area (Å²) in [4.78, 5) is 14.3. The minimum absolute atomic E-state index is 0.0446. The number of carbonyl (C=O) groups is 1. The number of hydrogen-bond donors (Lipinski definition) is 1. The molecule has 1 aromatic carbocycles. The number of rotatable bonds is 3. The zero-order valence-electron chi connectivity index (χ0n) is 11.0. The minimum atomic E-state index is -0.0446. The Labute approximate surface area is 108 Å². The van der Waals surface area contributed by atoms with E-state index in [-0.39, 0.29) is 5.91 Å². The maximum atomic E-state index is 12.5. The van der Waals surface area contributed by atoms with E-state index in [9.17, 15) is 4.79 Å². The van der Waals surface area contributed by atoms with Crippen molar-refractivity contribution in [2.45, 2.75) is 31.7 Å². The van der Waals surface area contributed by atoms with Crippen LogP contribution in [0.4, 0.5) is 5.69 Å². The maximum absolute atomic E-state index is 12.5. The summed E-state index contributed by atoms with van der Waals surface area (Å²) < 4.78 is 5.23. The number of nitrogen functional groups attached to an aromatic ring is 1. The third-order valence-electron chi connectivity index (χ3n) is 3.68. The van der Waals surface area contributed by atoms with Crippen molar-refractivity contribution in [2.75, 3.05) is 19.9 Å². The highest BCUT2D eigenvalue weighted by Crippen LogP contribution is 2.29. The molecule has 0 radical (unpaired) electrons. The standard InChI is InChI=1S/C14H20N2O2/c1-16(10-6-3-4-7-10)14(17)13-11(15)8-5-9-12(13)18-2/h5,8-10H,3-4,6-7,15H2,1-2H3. The van der Waals surface area contributed by atoms with Crippen LogP contribution in [0.15, 0.2) is 18.2 Å². The van der Waals surface area contributed by atoms with Gasteiger partial charge in [-0.05, 0) is 25.0 Å². The number of carbonyl (C=O) groups excluding carboxylic acids is 1. The van der Waals surface area contributed by atoms with E-state index in [1.54, 1.807) is 30.2 Å². The predicted molar refractivity (Wildman–Crippen MR) is 71.8 cm³/mol. The molecule has 0 bridgehead atoms. The van der Waals surface area contributed by atoms with Gasteiger partial charge in [0.05, 0.1) is 7.11 Å². The fourth-order valence-electron chi connectivity index (χ4n) is 2.58. The van der Waals surface area contributed by atoms with Crippen LogP contribution in [0.3, 0.4) is 0 Å². The predicted octanol–water partition coefficient (Wildman–Crippen LogP) is 2.29. The Morgan fingerprint density at radius 2 is 2.06 bits per heavy atom. The van der Waals surface area contributed by atoms with Gasteiger partial charge in [0, 0.05) is 18.8 Å². The first-order valence-corrected chi connectivity index (χ1v) is 6.34. The number of anilines is 1. The van der Waals surface area contributed by atoms with Crippen LogP contribution in [0, 0.1) is 0 Å². The third-order valence-corrected chi connectivity index (χ3v) is 3.68. The Morgan fingerprint density at radius 1 is 1.39 bits per heavy atom. The van der Waals surface area contributed by atoms with Crippen LogP contribution in [-0.2, 0) is 0 Å². The van der Waals surface area contributed by atoms with Gasteiger partial charge >= 0.3 is 0 Å². The summed E-state index contributed by atoms with van der Waals surface area (Å²) in [6.07, 6.45) is 4.56. The van der Waals surface area contributed by atoms with Crippen LogP contribution in [0.5, 0.6) is 5.75 Å². The first-order chi connectivity index (χ1) is 8.65. The summed E-state index contributed by atoms with van der Waals surface area (Å²) >= 11 is 0. The van der Waals surface area contributed by atoms with Crippen molar-refractivity contribution in [1.29, 1.82) is 0 Å². The Kier molecular flexibility index (Phi) is 3.75. The molecule has 2 rings (SSSR count). The number of methoxy groups -OCH3 is 1. The molecule has 4 heteroatoms. The third kappa shape index (κ3) is 2.28. The van der Waals surface area contributed by atoms with Gasteiger partial charge in [-0.15, -0.1) is 0 Å². The molecule has 1 amide bonds. The van der Waals surface area contributed by atoms with E-state index >= 15 is 0 Å². The second kappa shape index (κ2) is 5.29. The molecule has 1 fully saturated rings. The molecule has 0 aliphatic heterocycles. The van der Waals surface area contributed by atoms with Crippen LogP contribution in [0.2, 0.25) is 0 Å². The molecule has 18 heavy (non-hydrogen) atoms. The van der Waals surface area contributed by atoms with Crippen LogP contribution in [-0.4, -0.2) is 31.0 Å². The lowest BCUT2D eigenvalue weighted by Crippen LogP contribution is -2.35. The SMILES string of the molecule is COc1cccc(N)c1C(=O)N(C)C1CCCC1. The van der Waals surface area contributed by atoms with Crippen LogP contribution < -0.4 is 10.5 Å². The van der Waals surface area contributed by atoms with E-state index in [0.29, 0.717) is 23.0 Å². The Bertz CT molecular complexity index is 439. The second-order valence-corrected chi connectivity index (χ2v) is 4.78. The first kappa shape index (κ1) is 12.7. The monoisotopic (exact) mass is 248 g/mol. The molecule has 0 atom stereocenters. The first-order valence-electron chi connectivity index (χ1n) is 6.34. The summed E-state index contributed by atoms with van der Waals surface area (Å²) in [6, 6.07) is 5.63. The van der Waals surface area contributed by atoms with Crippen molar-refractivity contribution >= 4 is 11.6 Å². The Hall–Kier alpha value is -1.71. The molecule has 0 saturated heterocycles. The average molecular weight is 248 g/mol. The normalized spacial score (nSPS) is 15.7. The number of nitrogens with zero attached hydrogens (tertiary/aromatic N) is 1. The largest absolute Gasteiger partial charge is 0.496 e. The quantitative estimate of drug-likeness (QED) is 0.835. The summed E-state index contributed by atoms with van der Waals surface area (Å²) in [5.41, 5.74) is 6.86. The highest BCUT2D eigenvalue weighted by molar-refractivity contribution is 6.01. The van der Waals surface area contributed by atoms with Gasteiger partial charge in [0.15, 0.2) is 0 Å². The lowest BCUT2D eigenvalue weighted by atomic mass is 10.1. The zero-order chi connectivity index (χ0) is 13.1. The van der Waals surface area contributed by atoms with Crippen molar-refractivity contribution < 1.29 is 9.53 Å². The van der Waals surface area contributed by atoms with Gasteiger partial charge in [-0.1, -0.05) is 18.9 Å². The molecular weight excluding hydrogens is 228 g/mol.